The molecule has 0 aromatic heterocycles. The maximum atomic E-state index is 13.4. The quantitative estimate of drug-likeness (QED) is 0.741. The summed E-state index contributed by atoms with van der Waals surface area (Å²) >= 11 is 12.0. The van der Waals surface area contributed by atoms with Crippen LogP contribution in [0, 0.1) is 5.92 Å². The van der Waals surface area contributed by atoms with Gasteiger partial charge in [-0.1, -0.05) is 41.4 Å². The zero-order valence-corrected chi connectivity index (χ0v) is 16.2. The Hall–Kier alpha value is -2.70. The number of carbonyl (C=O) groups excluding carboxylic acids is 3. The second-order valence-electron chi connectivity index (χ2n) is 6.59. The van der Waals surface area contributed by atoms with Crippen LogP contribution in [0.5, 0.6) is 0 Å². The molecule has 6 nitrogen and oxygen atoms in total. The number of carboxylic acid groups (broad SMARTS) is 1. The van der Waals surface area contributed by atoms with Gasteiger partial charge in [-0.25, -0.2) is 0 Å². The van der Waals surface area contributed by atoms with Gasteiger partial charge < -0.3 is 10.4 Å². The van der Waals surface area contributed by atoms with Crippen molar-refractivity contribution >= 4 is 46.6 Å². The molecule has 2 N–H and O–H groups in total. The molecule has 0 saturated carbocycles. The lowest BCUT2D eigenvalue weighted by Crippen LogP contribution is -2.53. The van der Waals surface area contributed by atoms with Gasteiger partial charge in [-0.15, -0.1) is 0 Å². The summed E-state index contributed by atoms with van der Waals surface area (Å²) in [5.74, 6) is -5.27. The zero-order valence-electron chi connectivity index (χ0n) is 14.7. The molecule has 28 heavy (non-hydrogen) atoms. The molecule has 0 aliphatic heterocycles. The van der Waals surface area contributed by atoms with Crippen molar-refractivity contribution < 1.29 is 24.3 Å². The summed E-state index contributed by atoms with van der Waals surface area (Å²) in [4.78, 5) is 49.6. The standard InChI is InChI=1S/C20H15Cl2NO5/c1-20(10-2-4-11(21)5-3-10)14-7-6-12(22)8-13(14)17(26)16(18(20)27)19(28)23-9-15(24)25/h2-8,16H,9H2,1H3,(H,23,28)(H,24,25). The molecule has 0 fully saturated rings. The van der Waals surface area contributed by atoms with E-state index >= 15 is 0 Å². The Morgan fingerprint density at radius 2 is 1.68 bits per heavy atom. The molecule has 0 radical (unpaired) electrons. The SMILES string of the molecule is CC1(c2ccc(Cl)cc2)C(=O)C(C(=O)NCC(=O)O)C(=O)c2cc(Cl)ccc21. The number of halogens is 2. The fourth-order valence-corrected chi connectivity index (χ4v) is 3.73. The second kappa shape index (κ2) is 7.37. The van der Waals surface area contributed by atoms with E-state index in [0.29, 0.717) is 16.1 Å². The van der Waals surface area contributed by atoms with Crippen molar-refractivity contribution in [3.63, 3.8) is 0 Å². The molecule has 2 atom stereocenters. The normalized spacial score (nSPS) is 21.2. The molecule has 1 aliphatic carbocycles. The number of Topliss-reactive ketones (excluding diaryl/α,β-unsaturated/α-hetero) is 2. The van der Waals surface area contributed by atoms with E-state index in [1.54, 1.807) is 43.3 Å². The number of benzene rings is 2. The number of aliphatic carboxylic acids is 1. The second-order valence-corrected chi connectivity index (χ2v) is 7.47. The van der Waals surface area contributed by atoms with E-state index in [-0.39, 0.29) is 10.6 Å². The van der Waals surface area contributed by atoms with Gasteiger partial charge >= 0.3 is 5.97 Å². The largest absolute Gasteiger partial charge is 0.480 e. The third-order valence-electron chi connectivity index (χ3n) is 4.90. The molecule has 2 unspecified atom stereocenters. The topological polar surface area (TPSA) is 101 Å². The first-order chi connectivity index (χ1) is 13.2. The highest BCUT2D eigenvalue weighted by molar-refractivity contribution is 6.33. The average molecular weight is 420 g/mol. The predicted molar refractivity (Wildman–Crippen MR) is 103 cm³/mol. The van der Waals surface area contributed by atoms with Crippen molar-refractivity contribution in [2.75, 3.05) is 6.54 Å². The molecule has 1 amide bonds. The van der Waals surface area contributed by atoms with Crippen LogP contribution in [0.3, 0.4) is 0 Å². The fourth-order valence-electron chi connectivity index (χ4n) is 3.44. The lowest BCUT2D eigenvalue weighted by Gasteiger charge is -2.37. The van der Waals surface area contributed by atoms with E-state index in [9.17, 15) is 19.2 Å². The number of nitrogens with one attached hydrogen (secondary N) is 1. The maximum absolute atomic E-state index is 13.4. The number of fused-ring (bicyclic) bond motifs is 1. The number of hydrogen-bond donors (Lipinski definition) is 2. The Morgan fingerprint density at radius 1 is 1.07 bits per heavy atom. The van der Waals surface area contributed by atoms with E-state index in [1.807, 2.05) is 0 Å². The monoisotopic (exact) mass is 419 g/mol. The Morgan fingerprint density at radius 3 is 2.29 bits per heavy atom. The Labute approximate surface area is 170 Å². The van der Waals surface area contributed by atoms with Crippen LogP contribution in [-0.2, 0) is 19.8 Å². The third kappa shape index (κ3) is 3.30. The van der Waals surface area contributed by atoms with Crippen LogP contribution < -0.4 is 5.32 Å². The fraction of sp³-hybridized carbons (Fsp3) is 0.200. The Bertz CT molecular complexity index is 1000. The van der Waals surface area contributed by atoms with Gasteiger partial charge in [-0.05, 0) is 42.3 Å². The van der Waals surface area contributed by atoms with Gasteiger partial charge in [0.15, 0.2) is 17.5 Å². The average Bonchev–Trinajstić information content (AvgIpc) is 2.65. The third-order valence-corrected chi connectivity index (χ3v) is 5.39. The highest BCUT2D eigenvalue weighted by Gasteiger charge is 2.52. The van der Waals surface area contributed by atoms with Crippen LogP contribution in [0.2, 0.25) is 10.0 Å². The van der Waals surface area contributed by atoms with Crippen molar-refractivity contribution in [3.05, 3.63) is 69.2 Å². The molecular formula is C20H15Cl2NO5. The minimum atomic E-state index is -1.68. The number of hydrogen-bond acceptors (Lipinski definition) is 4. The zero-order chi connectivity index (χ0) is 20.6. The van der Waals surface area contributed by atoms with Crippen molar-refractivity contribution in [1.29, 1.82) is 0 Å². The van der Waals surface area contributed by atoms with Crippen LogP contribution in [0.25, 0.3) is 0 Å². The first kappa shape index (κ1) is 20.0. The number of rotatable bonds is 4. The van der Waals surface area contributed by atoms with Crippen molar-refractivity contribution in [3.8, 4) is 0 Å². The van der Waals surface area contributed by atoms with Gasteiger partial charge in [0, 0.05) is 15.6 Å². The molecular weight excluding hydrogens is 405 g/mol. The van der Waals surface area contributed by atoms with Crippen molar-refractivity contribution in [1.82, 2.24) is 5.32 Å². The van der Waals surface area contributed by atoms with Crippen molar-refractivity contribution in [2.45, 2.75) is 12.3 Å². The van der Waals surface area contributed by atoms with Crippen LogP contribution in [0.4, 0.5) is 0 Å². The molecule has 8 heteroatoms. The smallest absolute Gasteiger partial charge is 0.322 e. The van der Waals surface area contributed by atoms with E-state index < -0.39 is 41.3 Å². The molecule has 2 aromatic rings. The number of ketones is 2. The summed E-state index contributed by atoms with van der Waals surface area (Å²) in [5, 5.41) is 11.7. The number of carboxylic acids is 1. The molecule has 3 rings (SSSR count). The van der Waals surface area contributed by atoms with Crippen LogP contribution in [0.15, 0.2) is 42.5 Å². The van der Waals surface area contributed by atoms with Crippen LogP contribution in [-0.4, -0.2) is 35.1 Å². The Balaban J connectivity index is 2.18. The number of carbonyl (C=O) groups is 4. The summed E-state index contributed by atoms with van der Waals surface area (Å²) in [6.45, 7) is 0.922. The molecule has 144 valence electrons. The molecule has 0 heterocycles. The van der Waals surface area contributed by atoms with Gasteiger partial charge in [-0.2, -0.15) is 0 Å². The van der Waals surface area contributed by atoms with Crippen LogP contribution >= 0.6 is 23.2 Å². The first-order valence-electron chi connectivity index (χ1n) is 8.30. The van der Waals surface area contributed by atoms with E-state index in [0.717, 1.165) is 0 Å². The van der Waals surface area contributed by atoms with Gasteiger partial charge in [0.1, 0.15) is 6.54 Å². The first-order valence-corrected chi connectivity index (χ1v) is 9.06. The summed E-state index contributed by atoms with van der Waals surface area (Å²) in [5.41, 5.74) is -0.186. The maximum Gasteiger partial charge on any atom is 0.322 e. The van der Waals surface area contributed by atoms with Gasteiger partial charge in [0.05, 0.1) is 5.41 Å². The Kier molecular flexibility index (Phi) is 5.28. The number of amides is 1. The highest BCUT2D eigenvalue weighted by atomic mass is 35.5. The summed E-state index contributed by atoms with van der Waals surface area (Å²) in [7, 11) is 0. The van der Waals surface area contributed by atoms with Gasteiger partial charge in [0.2, 0.25) is 5.91 Å². The van der Waals surface area contributed by atoms with E-state index in [4.69, 9.17) is 28.3 Å². The molecule has 0 saturated heterocycles. The minimum Gasteiger partial charge on any atom is -0.480 e. The van der Waals surface area contributed by atoms with Gasteiger partial charge in [-0.3, -0.25) is 19.2 Å². The van der Waals surface area contributed by atoms with Crippen LogP contribution in [0.1, 0.15) is 28.4 Å². The molecule has 0 bridgehead atoms. The molecule has 0 spiro atoms. The van der Waals surface area contributed by atoms with E-state index in [1.165, 1.54) is 6.07 Å². The van der Waals surface area contributed by atoms with Crippen molar-refractivity contribution in [2.24, 2.45) is 5.92 Å². The lowest BCUT2D eigenvalue weighted by molar-refractivity contribution is -0.140. The summed E-state index contributed by atoms with van der Waals surface area (Å²) in [6.07, 6.45) is 0. The summed E-state index contributed by atoms with van der Waals surface area (Å²) < 4.78 is 0. The minimum absolute atomic E-state index is 0.153. The van der Waals surface area contributed by atoms with Gasteiger partial charge in [0.25, 0.3) is 0 Å². The summed E-state index contributed by atoms with van der Waals surface area (Å²) in [6, 6.07) is 11.1. The molecule has 2 aromatic carbocycles. The lowest BCUT2D eigenvalue weighted by atomic mass is 9.62. The molecule has 1 aliphatic rings. The van der Waals surface area contributed by atoms with E-state index in [2.05, 4.69) is 5.32 Å². The highest BCUT2D eigenvalue weighted by Crippen LogP contribution is 2.43. The predicted octanol–water partition coefficient (Wildman–Crippen LogP) is 2.88.